The first-order valence-electron chi connectivity index (χ1n) is 7.72. The predicted octanol–water partition coefficient (Wildman–Crippen LogP) is 1.03. The van der Waals surface area contributed by atoms with Crippen molar-refractivity contribution in [3.8, 4) is 0 Å². The third kappa shape index (κ3) is 3.51. The van der Waals surface area contributed by atoms with Gasteiger partial charge in [-0.05, 0) is 18.9 Å². The summed E-state index contributed by atoms with van der Waals surface area (Å²) in [6.07, 6.45) is 2.78. The lowest BCUT2D eigenvalue weighted by atomic mass is 10.1. The normalized spacial score (nSPS) is 22.7. The lowest BCUT2D eigenvalue weighted by molar-refractivity contribution is -0.198. The molecule has 1 amide bonds. The molecule has 0 N–H and O–H groups in total. The fourth-order valence-corrected chi connectivity index (χ4v) is 3.89. The number of halogens is 3. The summed E-state index contributed by atoms with van der Waals surface area (Å²) in [7, 11) is -5.48. The zero-order valence-electron chi connectivity index (χ0n) is 13.1. The number of hydroxylamine groups is 2. The SMILES string of the molecule is O=C(C[C@@H]1CN(S(=O)(=O)C(F)(F)F)Cc2ccnn21)N1CCCCO1. The van der Waals surface area contributed by atoms with Crippen LogP contribution in [0.4, 0.5) is 13.2 Å². The van der Waals surface area contributed by atoms with Crippen LogP contribution in [0.1, 0.15) is 31.0 Å². The second kappa shape index (κ2) is 6.57. The number of alkyl halides is 3. The van der Waals surface area contributed by atoms with Gasteiger partial charge in [-0.15, -0.1) is 0 Å². The van der Waals surface area contributed by atoms with Gasteiger partial charge >= 0.3 is 15.5 Å². The Balaban J connectivity index is 1.80. The summed E-state index contributed by atoms with van der Waals surface area (Å²) in [5.41, 5.74) is -5.09. The molecule has 2 aliphatic rings. The minimum atomic E-state index is -5.48. The van der Waals surface area contributed by atoms with Crippen molar-refractivity contribution in [3.63, 3.8) is 0 Å². The Labute approximate surface area is 142 Å². The van der Waals surface area contributed by atoms with E-state index in [0.717, 1.165) is 12.8 Å². The molecule has 1 saturated heterocycles. The molecule has 8 nitrogen and oxygen atoms in total. The van der Waals surface area contributed by atoms with E-state index in [0.29, 0.717) is 23.2 Å². The van der Waals surface area contributed by atoms with E-state index in [2.05, 4.69) is 5.10 Å². The van der Waals surface area contributed by atoms with Crippen molar-refractivity contribution in [2.75, 3.05) is 19.7 Å². The molecule has 3 heterocycles. The molecule has 0 saturated carbocycles. The molecule has 12 heteroatoms. The van der Waals surface area contributed by atoms with Gasteiger partial charge in [0.1, 0.15) is 0 Å². The van der Waals surface area contributed by atoms with Crippen LogP contribution >= 0.6 is 0 Å². The summed E-state index contributed by atoms with van der Waals surface area (Å²) in [6.45, 7) is -0.108. The van der Waals surface area contributed by atoms with E-state index in [4.69, 9.17) is 4.84 Å². The number of hydrogen-bond acceptors (Lipinski definition) is 5. The lowest BCUT2D eigenvalue weighted by Crippen LogP contribution is -2.47. The average Bonchev–Trinajstić information content (AvgIpc) is 3.03. The Morgan fingerprint density at radius 3 is 2.76 bits per heavy atom. The van der Waals surface area contributed by atoms with Crippen LogP contribution in [0.5, 0.6) is 0 Å². The van der Waals surface area contributed by atoms with Crippen LogP contribution < -0.4 is 0 Å². The van der Waals surface area contributed by atoms with Gasteiger partial charge < -0.3 is 0 Å². The van der Waals surface area contributed by atoms with E-state index in [9.17, 15) is 26.4 Å². The molecule has 25 heavy (non-hydrogen) atoms. The summed E-state index contributed by atoms with van der Waals surface area (Å²) in [4.78, 5) is 17.6. The van der Waals surface area contributed by atoms with E-state index in [-0.39, 0.29) is 6.42 Å². The largest absolute Gasteiger partial charge is 0.511 e. The maximum absolute atomic E-state index is 12.9. The summed E-state index contributed by atoms with van der Waals surface area (Å²) in [5.74, 6) is -0.405. The molecule has 3 rings (SSSR count). The highest BCUT2D eigenvalue weighted by Crippen LogP contribution is 2.33. The van der Waals surface area contributed by atoms with Crippen molar-refractivity contribution < 1.29 is 31.2 Å². The zero-order valence-corrected chi connectivity index (χ0v) is 14.0. The standard InChI is InChI=1S/C13H17F3N4O4S/c14-13(15,16)25(22,23)18-8-10-3-4-17-20(10)11(9-18)7-12(21)19-5-1-2-6-24-19/h3-4,11H,1-2,5-9H2/t11-/m1/s1. The Bertz CT molecular complexity index is 743. The second-order valence-corrected chi connectivity index (χ2v) is 7.83. The van der Waals surface area contributed by atoms with Crippen molar-refractivity contribution in [1.82, 2.24) is 19.1 Å². The number of carbonyl (C=O) groups excluding carboxylic acids is 1. The molecule has 0 radical (unpaired) electrons. The van der Waals surface area contributed by atoms with Crippen LogP contribution in [0.15, 0.2) is 12.3 Å². The van der Waals surface area contributed by atoms with E-state index >= 15 is 0 Å². The molecule has 0 spiro atoms. The molecule has 0 aromatic carbocycles. The summed E-state index contributed by atoms with van der Waals surface area (Å²) in [6, 6.07) is 0.612. The van der Waals surface area contributed by atoms with Crippen LogP contribution in [-0.4, -0.2) is 58.7 Å². The number of aromatic nitrogens is 2. The highest BCUT2D eigenvalue weighted by molar-refractivity contribution is 7.89. The second-order valence-electron chi connectivity index (χ2n) is 5.90. The first-order chi connectivity index (χ1) is 11.7. The van der Waals surface area contributed by atoms with E-state index < -0.39 is 40.6 Å². The Morgan fingerprint density at radius 2 is 2.12 bits per heavy atom. The zero-order chi connectivity index (χ0) is 18.2. The van der Waals surface area contributed by atoms with Gasteiger partial charge in [-0.2, -0.15) is 22.6 Å². The van der Waals surface area contributed by atoms with Crippen LogP contribution in [0.25, 0.3) is 0 Å². The first kappa shape index (κ1) is 18.1. The third-order valence-corrected chi connectivity index (χ3v) is 5.72. The van der Waals surface area contributed by atoms with Gasteiger partial charge in [0.2, 0.25) is 5.91 Å². The van der Waals surface area contributed by atoms with Crippen molar-refractivity contribution in [2.24, 2.45) is 0 Å². The monoisotopic (exact) mass is 382 g/mol. The molecule has 0 aliphatic carbocycles. The molecular weight excluding hydrogens is 365 g/mol. The third-order valence-electron chi connectivity index (χ3n) is 4.17. The number of hydrogen-bond donors (Lipinski definition) is 0. The van der Waals surface area contributed by atoms with Gasteiger partial charge in [0.15, 0.2) is 0 Å². The number of carbonyl (C=O) groups is 1. The van der Waals surface area contributed by atoms with Crippen LogP contribution in [-0.2, 0) is 26.2 Å². The van der Waals surface area contributed by atoms with Crippen molar-refractivity contribution in [1.29, 1.82) is 0 Å². The van der Waals surface area contributed by atoms with Crippen molar-refractivity contribution >= 4 is 15.9 Å². The Kier molecular flexibility index (Phi) is 4.77. The molecule has 140 valence electrons. The molecule has 0 bridgehead atoms. The maximum atomic E-state index is 12.9. The van der Waals surface area contributed by atoms with E-state index in [1.807, 2.05) is 0 Å². The minimum absolute atomic E-state index is 0.196. The highest BCUT2D eigenvalue weighted by Gasteiger charge is 2.51. The molecule has 1 atom stereocenters. The summed E-state index contributed by atoms with van der Waals surface area (Å²) < 4.78 is 63.8. The summed E-state index contributed by atoms with van der Waals surface area (Å²) in [5, 5.41) is 5.20. The lowest BCUT2D eigenvalue weighted by Gasteiger charge is -2.34. The topological polar surface area (TPSA) is 84.7 Å². The van der Waals surface area contributed by atoms with E-state index in [1.54, 1.807) is 0 Å². The smallest absolute Gasteiger partial charge is 0.273 e. The molecule has 0 unspecified atom stereocenters. The number of amides is 1. The Hall–Kier alpha value is -1.66. The molecule has 1 fully saturated rings. The van der Waals surface area contributed by atoms with Crippen LogP contribution in [0.2, 0.25) is 0 Å². The average molecular weight is 382 g/mol. The fourth-order valence-electron chi connectivity index (χ4n) is 2.93. The quantitative estimate of drug-likeness (QED) is 0.780. The number of fused-ring (bicyclic) bond motifs is 1. The van der Waals surface area contributed by atoms with Gasteiger partial charge in [-0.3, -0.25) is 14.3 Å². The van der Waals surface area contributed by atoms with Crippen LogP contribution in [0.3, 0.4) is 0 Å². The van der Waals surface area contributed by atoms with Gasteiger partial charge in [-0.25, -0.2) is 13.5 Å². The van der Waals surface area contributed by atoms with Crippen molar-refractivity contribution in [2.45, 2.75) is 37.4 Å². The van der Waals surface area contributed by atoms with Gasteiger partial charge in [0.05, 0.1) is 31.3 Å². The number of nitrogens with zero attached hydrogens (tertiary/aromatic N) is 4. The Morgan fingerprint density at radius 1 is 1.36 bits per heavy atom. The highest BCUT2D eigenvalue weighted by atomic mass is 32.2. The van der Waals surface area contributed by atoms with Gasteiger partial charge in [-0.1, -0.05) is 0 Å². The first-order valence-corrected chi connectivity index (χ1v) is 9.16. The van der Waals surface area contributed by atoms with E-state index in [1.165, 1.54) is 22.0 Å². The number of sulfonamides is 1. The van der Waals surface area contributed by atoms with Gasteiger partial charge in [0.25, 0.3) is 0 Å². The predicted molar refractivity (Wildman–Crippen MR) is 78.2 cm³/mol. The molecule has 1 aromatic heterocycles. The summed E-state index contributed by atoms with van der Waals surface area (Å²) >= 11 is 0. The molecular formula is C13H17F3N4O4S. The number of rotatable bonds is 3. The fraction of sp³-hybridized carbons (Fsp3) is 0.692. The molecule has 2 aliphatic heterocycles. The van der Waals surface area contributed by atoms with Crippen molar-refractivity contribution in [3.05, 3.63) is 18.0 Å². The maximum Gasteiger partial charge on any atom is 0.511 e. The minimum Gasteiger partial charge on any atom is -0.273 e. The van der Waals surface area contributed by atoms with Gasteiger partial charge in [0, 0.05) is 19.3 Å². The van der Waals surface area contributed by atoms with Crippen LogP contribution in [0, 0.1) is 0 Å². The molecule has 1 aromatic rings.